The summed E-state index contributed by atoms with van der Waals surface area (Å²) < 4.78 is 84.0. The van der Waals surface area contributed by atoms with E-state index in [1.54, 1.807) is 18.2 Å². The van der Waals surface area contributed by atoms with Gasteiger partial charge in [0.1, 0.15) is 12.2 Å². The lowest BCUT2D eigenvalue weighted by atomic mass is 10.1. The van der Waals surface area contributed by atoms with E-state index in [4.69, 9.17) is 9.68 Å². The Labute approximate surface area is 165 Å². The Balaban J connectivity index is 1.95. The summed E-state index contributed by atoms with van der Waals surface area (Å²) in [6.07, 6.45) is -8.19. The number of rotatable bonds is 5. The van der Waals surface area contributed by atoms with Gasteiger partial charge in [-0.2, -0.15) is 31.6 Å². The van der Waals surface area contributed by atoms with Crippen LogP contribution in [0.1, 0.15) is 17.0 Å². The lowest BCUT2D eigenvalue weighted by molar-refractivity contribution is -0.137. The fraction of sp³-hybridized carbons (Fsp3) is 0.222. The second-order valence-electron chi connectivity index (χ2n) is 6.03. The fourth-order valence-electron chi connectivity index (χ4n) is 2.59. The highest BCUT2D eigenvalue weighted by molar-refractivity contribution is 5.55. The highest BCUT2D eigenvalue weighted by Gasteiger charge is 2.36. The maximum Gasteiger partial charge on any atom is 0.417 e. The predicted octanol–water partition coefficient (Wildman–Crippen LogP) is 4.59. The maximum atomic E-state index is 13.2. The van der Waals surface area contributed by atoms with Gasteiger partial charge in [-0.3, -0.25) is 4.98 Å². The molecule has 0 saturated heterocycles. The molecule has 0 aliphatic carbocycles. The Bertz CT molecular complexity index is 1060. The largest absolute Gasteiger partial charge is 0.417 e. The topological polar surface area (TPSA) is 78.8 Å². The van der Waals surface area contributed by atoms with E-state index in [1.165, 1.54) is 12.3 Å². The number of alkyl halides is 6. The second kappa shape index (κ2) is 8.02. The summed E-state index contributed by atoms with van der Waals surface area (Å²) >= 11 is 0. The zero-order chi connectivity index (χ0) is 21.9. The van der Waals surface area contributed by atoms with Crippen molar-refractivity contribution in [1.29, 1.82) is 5.26 Å². The molecule has 0 aliphatic heterocycles. The smallest absolute Gasteiger partial charge is 0.417 e. The molecular weight excluding hydrogens is 416 g/mol. The van der Waals surface area contributed by atoms with Gasteiger partial charge in [0.15, 0.2) is 0 Å². The number of benzene rings is 1. The molecule has 0 bridgehead atoms. The Morgan fingerprint density at radius 1 is 1.03 bits per heavy atom. The first-order valence-electron chi connectivity index (χ1n) is 8.23. The van der Waals surface area contributed by atoms with Crippen molar-refractivity contribution in [3.8, 4) is 17.7 Å². The molecule has 30 heavy (non-hydrogen) atoms. The van der Waals surface area contributed by atoms with Crippen molar-refractivity contribution in [2.45, 2.75) is 18.9 Å². The van der Waals surface area contributed by atoms with E-state index in [0.29, 0.717) is 11.0 Å². The van der Waals surface area contributed by atoms with Gasteiger partial charge in [0, 0.05) is 11.9 Å². The molecule has 0 N–H and O–H groups in total. The van der Waals surface area contributed by atoms with Gasteiger partial charge >= 0.3 is 12.4 Å². The van der Waals surface area contributed by atoms with Gasteiger partial charge in [0.05, 0.1) is 23.7 Å². The summed E-state index contributed by atoms with van der Waals surface area (Å²) in [4.78, 5) is 4.57. The van der Waals surface area contributed by atoms with Gasteiger partial charge in [-0.05, 0) is 30.3 Å². The lowest BCUT2D eigenvalue weighted by Gasteiger charge is -2.25. The van der Waals surface area contributed by atoms with Crippen molar-refractivity contribution in [2.75, 3.05) is 11.4 Å². The molecule has 0 spiro atoms. The molecule has 0 unspecified atom stereocenters. The fourth-order valence-corrected chi connectivity index (χ4v) is 2.59. The second-order valence-corrected chi connectivity index (χ2v) is 6.03. The van der Waals surface area contributed by atoms with Gasteiger partial charge in [-0.1, -0.05) is 6.07 Å². The van der Waals surface area contributed by atoms with Crippen LogP contribution in [0, 0.1) is 11.3 Å². The van der Waals surface area contributed by atoms with E-state index in [1.807, 2.05) is 0 Å². The Hall–Kier alpha value is -3.62. The van der Waals surface area contributed by atoms with Crippen molar-refractivity contribution in [3.63, 3.8) is 0 Å². The van der Waals surface area contributed by atoms with E-state index < -0.39 is 42.3 Å². The first-order valence-corrected chi connectivity index (χ1v) is 8.23. The number of hydrogen-bond donors (Lipinski definition) is 0. The summed E-state index contributed by atoms with van der Waals surface area (Å²) in [7, 11) is 0. The highest BCUT2D eigenvalue weighted by Crippen LogP contribution is 2.35. The molecule has 0 amide bonds. The quantitative estimate of drug-likeness (QED) is 0.555. The minimum absolute atomic E-state index is 0.0478. The Morgan fingerprint density at radius 3 is 2.40 bits per heavy atom. The van der Waals surface area contributed by atoms with Crippen molar-refractivity contribution in [1.82, 2.24) is 15.2 Å². The third-order valence-corrected chi connectivity index (χ3v) is 3.84. The number of pyridine rings is 1. The SMILES string of the molecule is N#Cc1ccc(N(Cc2nnc(-c3ccccn3)o2)CC(F)(F)F)cc1C(F)(F)F. The number of aromatic nitrogens is 3. The van der Waals surface area contributed by atoms with Crippen LogP contribution in [0.2, 0.25) is 0 Å². The van der Waals surface area contributed by atoms with E-state index in [2.05, 4.69) is 15.2 Å². The molecule has 12 heteroatoms. The number of nitriles is 1. The molecular formula is C18H11F6N5O. The van der Waals surface area contributed by atoms with Crippen LogP contribution in [-0.2, 0) is 12.7 Å². The van der Waals surface area contributed by atoms with Gasteiger partial charge < -0.3 is 9.32 Å². The highest BCUT2D eigenvalue weighted by atomic mass is 19.4. The molecule has 156 valence electrons. The molecule has 2 heterocycles. The molecule has 2 aromatic heterocycles. The average molecular weight is 427 g/mol. The lowest BCUT2D eigenvalue weighted by Crippen LogP contribution is -2.34. The molecule has 0 saturated carbocycles. The Morgan fingerprint density at radius 2 is 1.80 bits per heavy atom. The summed E-state index contributed by atoms with van der Waals surface area (Å²) in [6.45, 7) is -2.18. The molecule has 0 atom stereocenters. The predicted molar refractivity (Wildman–Crippen MR) is 90.8 cm³/mol. The van der Waals surface area contributed by atoms with Gasteiger partial charge in [-0.15, -0.1) is 10.2 Å². The minimum Gasteiger partial charge on any atom is -0.417 e. The number of hydrogen-bond acceptors (Lipinski definition) is 6. The summed E-state index contributed by atoms with van der Waals surface area (Å²) in [5.74, 6) is -0.300. The molecule has 6 nitrogen and oxygen atoms in total. The van der Waals surface area contributed by atoms with Crippen molar-refractivity contribution < 1.29 is 30.8 Å². The van der Waals surface area contributed by atoms with Crippen LogP contribution >= 0.6 is 0 Å². The van der Waals surface area contributed by atoms with E-state index >= 15 is 0 Å². The van der Waals surface area contributed by atoms with Crippen LogP contribution in [0.5, 0.6) is 0 Å². The van der Waals surface area contributed by atoms with Crippen molar-refractivity contribution >= 4 is 5.69 Å². The van der Waals surface area contributed by atoms with Gasteiger partial charge in [0.25, 0.3) is 5.89 Å². The van der Waals surface area contributed by atoms with Gasteiger partial charge in [0.2, 0.25) is 5.89 Å². The van der Waals surface area contributed by atoms with Crippen LogP contribution < -0.4 is 4.90 Å². The summed E-state index contributed by atoms with van der Waals surface area (Å²) in [5.41, 5.74) is -2.16. The van der Waals surface area contributed by atoms with Crippen LogP contribution in [0.4, 0.5) is 32.0 Å². The maximum absolute atomic E-state index is 13.2. The summed E-state index contributed by atoms with van der Waals surface area (Å²) in [6, 6.07) is 8.49. The number of anilines is 1. The van der Waals surface area contributed by atoms with E-state index in [0.717, 1.165) is 12.1 Å². The molecule has 0 aliphatic rings. The van der Waals surface area contributed by atoms with Gasteiger partial charge in [-0.25, -0.2) is 0 Å². The normalized spacial score (nSPS) is 11.9. The molecule has 3 aromatic rings. The van der Waals surface area contributed by atoms with Crippen LogP contribution in [0.25, 0.3) is 11.6 Å². The average Bonchev–Trinajstić information content (AvgIpc) is 3.14. The molecule has 3 rings (SSSR count). The first kappa shape index (κ1) is 21.1. The van der Waals surface area contributed by atoms with E-state index in [-0.39, 0.29) is 17.5 Å². The third-order valence-electron chi connectivity index (χ3n) is 3.84. The van der Waals surface area contributed by atoms with Crippen molar-refractivity contribution in [3.05, 3.63) is 59.6 Å². The summed E-state index contributed by atoms with van der Waals surface area (Å²) in [5, 5.41) is 16.2. The minimum atomic E-state index is -4.92. The Kier molecular flexibility index (Phi) is 5.64. The first-order chi connectivity index (χ1) is 14.1. The molecule has 0 fully saturated rings. The van der Waals surface area contributed by atoms with Crippen molar-refractivity contribution in [2.24, 2.45) is 0 Å². The number of halogens is 6. The molecule has 1 aromatic carbocycles. The van der Waals surface area contributed by atoms with Crippen LogP contribution in [-0.4, -0.2) is 27.9 Å². The third kappa shape index (κ3) is 5.05. The molecule has 0 radical (unpaired) electrons. The standard InChI is InChI=1S/C18H11F6N5O/c19-17(20,21)10-29(12-5-4-11(8-25)13(7-12)18(22,23)24)9-15-27-28-16(30-15)14-3-1-2-6-26-14/h1-7H,9-10H2. The van der Waals surface area contributed by atoms with Crippen LogP contribution in [0.15, 0.2) is 47.0 Å². The number of nitrogens with zero attached hydrogens (tertiary/aromatic N) is 5. The van der Waals surface area contributed by atoms with E-state index in [9.17, 15) is 26.3 Å². The monoisotopic (exact) mass is 427 g/mol. The zero-order valence-electron chi connectivity index (χ0n) is 14.9. The zero-order valence-corrected chi connectivity index (χ0v) is 14.9. The van der Waals surface area contributed by atoms with Crippen LogP contribution in [0.3, 0.4) is 0 Å².